The van der Waals surface area contributed by atoms with E-state index < -0.39 is 46.3 Å². The summed E-state index contributed by atoms with van der Waals surface area (Å²) >= 11 is 0. The Hall–Kier alpha value is -3.04. The van der Waals surface area contributed by atoms with Crippen LogP contribution in [0.5, 0.6) is 5.75 Å². The fourth-order valence-corrected chi connectivity index (χ4v) is 2.27. The number of nitrogens with one attached hydrogen (secondary N) is 1. The normalized spacial score (nSPS) is 11.1. The van der Waals surface area contributed by atoms with Gasteiger partial charge in [-0.2, -0.15) is 13.2 Å². The molecule has 0 fully saturated rings. The number of anilines is 1. The van der Waals surface area contributed by atoms with Gasteiger partial charge >= 0.3 is 12.1 Å². The van der Waals surface area contributed by atoms with Gasteiger partial charge in [-0.05, 0) is 31.2 Å². The summed E-state index contributed by atoms with van der Waals surface area (Å²) in [6, 6.07) is 4.33. The highest BCUT2D eigenvalue weighted by Gasteiger charge is 2.36. The number of hydrogen-bond donors (Lipinski definition) is 2. The average molecular weight is 381 g/mol. The summed E-state index contributed by atoms with van der Waals surface area (Å²) in [6.07, 6.45) is -4.82. The lowest BCUT2D eigenvalue weighted by molar-refractivity contribution is -0.138. The molecule has 2 N–H and O–H groups in total. The smallest absolute Gasteiger partial charge is 0.419 e. The summed E-state index contributed by atoms with van der Waals surface area (Å²) in [5.74, 6) is -4.18. The van der Waals surface area contributed by atoms with E-state index in [-0.39, 0.29) is 17.8 Å². The van der Waals surface area contributed by atoms with E-state index in [1.54, 1.807) is 0 Å². The molecule has 0 saturated heterocycles. The molecule has 0 spiro atoms. The fourth-order valence-electron chi connectivity index (χ4n) is 2.27. The van der Waals surface area contributed by atoms with Crippen molar-refractivity contribution >= 4 is 30.9 Å². The van der Waals surface area contributed by atoms with Crippen molar-refractivity contribution in [2.24, 2.45) is 0 Å². The Bertz CT molecular complexity index is 899. The first kappa shape index (κ1) is 20.3. The Morgan fingerprint density at radius 2 is 1.89 bits per heavy atom. The first-order valence-electron chi connectivity index (χ1n) is 7.52. The molecule has 0 atom stereocenters. The second-order valence-corrected chi connectivity index (χ2v) is 5.33. The zero-order chi connectivity index (χ0) is 20.4. The van der Waals surface area contributed by atoms with Crippen molar-refractivity contribution in [1.29, 1.82) is 0 Å². The molecule has 2 rings (SSSR count). The van der Waals surface area contributed by atoms with E-state index in [0.29, 0.717) is 6.07 Å². The van der Waals surface area contributed by atoms with Gasteiger partial charge in [-0.25, -0.2) is 9.18 Å². The molecule has 10 heteroatoms. The molecule has 0 aromatic heterocycles. The van der Waals surface area contributed by atoms with Crippen molar-refractivity contribution in [2.45, 2.75) is 13.1 Å². The van der Waals surface area contributed by atoms with Crippen molar-refractivity contribution in [3.8, 4) is 5.75 Å². The number of carboxylic acids is 1. The Morgan fingerprint density at radius 3 is 2.41 bits per heavy atom. The zero-order valence-electron chi connectivity index (χ0n) is 13.9. The number of ether oxygens (including phenoxy) is 1. The lowest BCUT2D eigenvalue weighted by atomic mass is 9.89. The molecule has 2 aromatic carbocycles. The number of rotatable bonds is 5. The van der Waals surface area contributed by atoms with E-state index in [1.165, 1.54) is 6.92 Å². The highest BCUT2D eigenvalue weighted by atomic mass is 19.4. The summed E-state index contributed by atoms with van der Waals surface area (Å²) < 4.78 is 58.2. The Balaban J connectivity index is 2.38. The molecule has 0 aliphatic carbocycles. The number of alkyl halides is 3. The second kappa shape index (κ2) is 7.69. The van der Waals surface area contributed by atoms with E-state index >= 15 is 0 Å². The molecule has 0 unspecified atom stereocenters. The maximum Gasteiger partial charge on any atom is 0.419 e. The molecular weight excluding hydrogens is 369 g/mol. The summed E-state index contributed by atoms with van der Waals surface area (Å²) in [4.78, 5) is 23.0. The molecule has 1 amide bonds. The van der Waals surface area contributed by atoms with Crippen LogP contribution in [0.25, 0.3) is 0 Å². The molecule has 27 heavy (non-hydrogen) atoms. The summed E-state index contributed by atoms with van der Waals surface area (Å²) in [7, 11) is 5.58. The van der Waals surface area contributed by atoms with Crippen LogP contribution >= 0.6 is 0 Å². The van der Waals surface area contributed by atoms with Gasteiger partial charge in [0.25, 0.3) is 5.91 Å². The van der Waals surface area contributed by atoms with E-state index in [4.69, 9.17) is 17.7 Å². The Labute approximate surface area is 152 Å². The molecule has 0 aliphatic rings. The minimum Gasteiger partial charge on any atom is -0.494 e. The van der Waals surface area contributed by atoms with Gasteiger partial charge in [0.15, 0.2) is 0 Å². The van der Waals surface area contributed by atoms with Gasteiger partial charge in [0, 0.05) is 11.3 Å². The maximum absolute atomic E-state index is 13.7. The number of benzene rings is 2. The quantitative estimate of drug-likeness (QED) is 0.617. The SMILES string of the molecule is [B]c1cc(C(=O)Nc2ccc(C(=O)O)c(F)c2)cc(C(F)(F)F)c1OCC. The molecular formula is C17H12BF4NO4. The fraction of sp³-hybridized carbons (Fsp3) is 0.176. The number of carbonyl (C=O) groups excluding carboxylic acids is 1. The van der Waals surface area contributed by atoms with E-state index in [2.05, 4.69) is 5.32 Å². The molecule has 2 radical (unpaired) electrons. The van der Waals surface area contributed by atoms with Crippen LogP contribution in [0.3, 0.4) is 0 Å². The number of carbonyl (C=O) groups is 2. The largest absolute Gasteiger partial charge is 0.494 e. The zero-order valence-corrected chi connectivity index (χ0v) is 13.9. The van der Waals surface area contributed by atoms with Crippen LogP contribution in [0.1, 0.15) is 33.2 Å². The predicted molar refractivity (Wildman–Crippen MR) is 89.3 cm³/mol. The monoisotopic (exact) mass is 381 g/mol. The first-order chi connectivity index (χ1) is 12.5. The van der Waals surface area contributed by atoms with Gasteiger partial charge in [-0.3, -0.25) is 4.79 Å². The molecule has 0 heterocycles. The summed E-state index contributed by atoms with van der Waals surface area (Å²) in [5, 5.41) is 11.0. The molecule has 0 bridgehead atoms. The lowest BCUT2D eigenvalue weighted by Crippen LogP contribution is -2.22. The Morgan fingerprint density at radius 1 is 1.22 bits per heavy atom. The van der Waals surface area contributed by atoms with Crippen molar-refractivity contribution in [2.75, 3.05) is 11.9 Å². The van der Waals surface area contributed by atoms with Crippen LogP contribution in [0, 0.1) is 5.82 Å². The van der Waals surface area contributed by atoms with Gasteiger partial charge in [0.1, 0.15) is 19.4 Å². The van der Waals surface area contributed by atoms with Crippen molar-refractivity contribution in [3.63, 3.8) is 0 Å². The highest BCUT2D eigenvalue weighted by molar-refractivity contribution is 6.35. The topological polar surface area (TPSA) is 75.6 Å². The van der Waals surface area contributed by atoms with Crippen molar-refractivity contribution in [1.82, 2.24) is 0 Å². The second-order valence-electron chi connectivity index (χ2n) is 5.33. The minimum absolute atomic E-state index is 0.0615. The maximum atomic E-state index is 13.7. The van der Waals surface area contributed by atoms with Gasteiger partial charge in [0.05, 0.1) is 17.7 Å². The predicted octanol–water partition coefficient (Wildman–Crippen LogP) is 2.99. The van der Waals surface area contributed by atoms with Crippen LogP contribution in [0.2, 0.25) is 0 Å². The molecule has 5 nitrogen and oxygen atoms in total. The van der Waals surface area contributed by atoms with Crippen molar-refractivity contribution in [3.05, 3.63) is 52.8 Å². The lowest BCUT2D eigenvalue weighted by Gasteiger charge is -2.17. The van der Waals surface area contributed by atoms with E-state index in [1.807, 2.05) is 0 Å². The number of aromatic carboxylic acids is 1. The highest BCUT2D eigenvalue weighted by Crippen LogP contribution is 2.36. The summed E-state index contributed by atoms with van der Waals surface area (Å²) in [5.41, 5.74) is -2.78. The average Bonchev–Trinajstić information content (AvgIpc) is 2.55. The molecule has 0 saturated carbocycles. The van der Waals surface area contributed by atoms with Gasteiger partial charge < -0.3 is 15.2 Å². The third-order valence-corrected chi connectivity index (χ3v) is 3.43. The third kappa shape index (κ3) is 4.58. The van der Waals surface area contributed by atoms with Crippen LogP contribution in [0.4, 0.5) is 23.2 Å². The minimum atomic E-state index is -4.82. The molecule has 0 aliphatic heterocycles. The molecule has 140 valence electrons. The number of halogens is 4. The number of hydrogen-bond acceptors (Lipinski definition) is 3. The Kier molecular flexibility index (Phi) is 5.77. The standard InChI is InChI=1S/C17H12BF4NO4/c1-2-27-14-11(17(20,21)22)5-8(6-12(14)18)15(24)23-9-3-4-10(16(25)26)13(19)7-9/h3-7H,2H2,1H3,(H,23,24)(H,25,26). The molecule has 2 aromatic rings. The number of carboxylic acid groups (broad SMARTS) is 1. The van der Waals surface area contributed by atoms with Gasteiger partial charge in [0.2, 0.25) is 0 Å². The van der Waals surface area contributed by atoms with E-state index in [0.717, 1.165) is 24.3 Å². The summed E-state index contributed by atoms with van der Waals surface area (Å²) in [6.45, 7) is 1.42. The van der Waals surface area contributed by atoms with Crippen LogP contribution in [-0.2, 0) is 6.18 Å². The third-order valence-electron chi connectivity index (χ3n) is 3.43. The number of amides is 1. The van der Waals surface area contributed by atoms with Crippen LogP contribution < -0.4 is 15.5 Å². The van der Waals surface area contributed by atoms with Crippen molar-refractivity contribution < 1.29 is 37.0 Å². The van der Waals surface area contributed by atoms with Gasteiger partial charge in [-0.15, -0.1) is 0 Å². The van der Waals surface area contributed by atoms with Crippen LogP contribution in [-0.4, -0.2) is 31.4 Å². The first-order valence-corrected chi connectivity index (χ1v) is 7.52. The van der Waals surface area contributed by atoms with Crippen LogP contribution in [0.15, 0.2) is 30.3 Å². The van der Waals surface area contributed by atoms with E-state index in [9.17, 15) is 27.2 Å². The van der Waals surface area contributed by atoms with Gasteiger partial charge in [-0.1, -0.05) is 11.5 Å².